The standard InChI is InChI=1S/C18H19BrN8O/c19-12-8-21-27-16(12)24-18(26-7-3-4-11(28)10-26)25-17(27)20-9-15-22-13-5-1-2-6-14(13)23-15/h1-2,5-6,8,11,28H,3-4,7,9-10H2,(H,22,23)(H,20,24,25)/t11-/m1/s1. The highest BCUT2D eigenvalue weighted by Crippen LogP contribution is 2.24. The molecule has 1 aliphatic heterocycles. The number of β-amino-alcohol motifs (C(OH)–C–C–N with tert-alkyl or cyclic N) is 1. The van der Waals surface area contributed by atoms with E-state index in [9.17, 15) is 5.11 Å². The summed E-state index contributed by atoms with van der Waals surface area (Å²) in [5, 5.41) is 17.7. The first-order chi connectivity index (χ1) is 13.7. The van der Waals surface area contributed by atoms with Crippen LogP contribution < -0.4 is 10.2 Å². The summed E-state index contributed by atoms with van der Waals surface area (Å²) in [6, 6.07) is 7.92. The number of benzene rings is 1. The molecule has 0 spiro atoms. The SMILES string of the molecule is O[C@@H]1CCCN(c2nc(NCc3nc4ccccc4[nH]3)n3ncc(Br)c3n2)C1. The number of fused-ring (bicyclic) bond motifs is 2. The van der Waals surface area contributed by atoms with E-state index in [2.05, 4.69) is 46.3 Å². The van der Waals surface area contributed by atoms with E-state index in [1.165, 1.54) is 0 Å². The second kappa shape index (κ2) is 7.02. The molecular weight excluding hydrogens is 424 g/mol. The molecule has 5 rings (SSSR count). The highest BCUT2D eigenvalue weighted by molar-refractivity contribution is 9.10. The van der Waals surface area contributed by atoms with Gasteiger partial charge in [0.2, 0.25) is 11.9 Å². The van der Waals surface area contributed by atoms with Crippen molar-refractivity contribution >= 4 is 44.5 Å². The first-order valence-electron chi connectivity index (χ1n) is 9.19. The third-order valence-corrected chi connectivity index (χ3v) is 5.40. The van der Waals surface area contributed by atoms with Crippen molar-refractivity contribution < 1.29 is 5.11 Å². The molecule has 0 saturated carbocycles. The van der Waals surface area contributed by atoms with E-state index in [1.54, 1.807) is 10.7 Å². The van der Waals surface area contributed by atoms with Crippen LogP contribution in [0.25, 0.3) is 16.7 Å². The number of aliphatic hydroxyl groups excluding tert-OH is 1. The molecule has 1 aliphatic rings. The number of para-hydroxylation sites is 2. The van der Waals surface area contributed by atoms with Gasteiger partial charge in [-0.05, 0) is 40.9 Å². The summed E-state index contributed by atoms with van der Waals surface area (Å²) < 4.78 is 2.46. The summed E-state index contributed by atoms with van der Waals surface area (Å²) in [6.45, 7) is 1.83. The highest BCUT2D eigenvalue weighted by Gasteiger charge is 2.22. The van der Waals surface area contributed by atoms with E-state index in [-0.39, 0.29) is 6.10 Å². The molecule has 1 aromatic carbocycles. The van der Waals surface area contributed by atoms with Crippen LogP contribution in [0, 0.1) is 0 Å². The number of piperidine rings is 1. The van der Waals surface area contributed by atoms with Gasteiger partial charge in [-0.1, -0.05) is 12.1 Å². The zero-order valence-electron chi connectivity index (χ0n) is 15.0. The predicted molar refractivity (Wildman–Crippen MR) is 109 cm³/mol. The van der Waals surface area contributed by atoms with Gasteiger partial charge in [0, 0.05) is 13.1 Å². The fourth-order valence-electron chi connectivity index (χ4n) is 3.48. The number of rotatable bonds is 4. The molecule has 144 valence electrons. The van der Waals surface area contributed by atoms with Crippen molar-refractivity contribution in [3.05, 3.63) is 40.8 Å². The Bertz CT molecular complexity index is 1110. The maximum Gasteiger partial charge on any atom is 0.230 e. The molecule has 10 heteroatoms. The maximum absolute atomic E-state index is 10.0. The van der Waals surface area contributed by atoms with Gasteiger partial charge in [-0.15, -0.1) is 0 Å². The number of aromatic nitrogens is 6. The largest absolute Gasteiger partial charge is 0.391 e. The molecule has 9 nitrogen and oxygen atoms in total. The van der Waals surface area contributed by atoms with Crippen molar-refractivity contribution in [3.8, 4) is 0 Å². The quantitative estimate of drug-likeness (QED) is 0.445. The van der Waals surface area contributed by atoms with Crippen molar-refractivity contribution in [1.29, 1.82) is 0 Å². The number of hydrogen-bond donors (Lipinski definition) is 3. The van der Waals surface area contributed by atoms with E-state index in [1.807, 2.05) is 29.2 Å². The summed E-state index contributed by atoms with van der Waals surface area (Å²) >= 11 is 3.50. The van der Waals surface area contributed by atoms with Gasteiger partial charge in [-0.25, -0.2) is 4.98 Å². The lowest BCUT2D eigenvalue weighted by Crippen LogP contribution is -2.39. The molecule has 0 unspecified atom stereocenters. The number of hydrogen-bond acceptors (Lipinski definition) is 7. The molecule has 0 aliphatic carbocycles. The Balaban J connectivity index is 1.47. The Morgan fingerprint density at radius 2 is 2.14 bits per heavy atom. The van der Waals surface area contributed by atoms with Crippen molar-refractivity contribution in [2.45, 2.75) is 25.5 Å². The minimum absolute atomic E-state index is 0.353. The second-order valence-corrected chi connectivity index (χ2v) is 7.73. The van der Waals surface area contributed by atoms with Gasteiger partial charge < -0.3 is 20.3 Å². The van der Waals surface area contributed by atoms with Gasteiger partial charge in [0.1, 0.15) is 5.82 Å². The van der Waals surface area contributed by atoms with E-state index in [0.717, 1.165) is 40.7 Å². The number of anilines is 2. The fourth-order valence-corrected chi connectivity index (χ4v) is 3.83. The second-order valence-electron chi connectivity index (χ2n) is 6.87. The van der Waals surface area contributed by atoms with Crippen LogP contribution in [0.2, 0.25) is 0 Å². The number of aliphatic hydroxyl groups is 1. The molecule has 0 radical (unpaired) electrons. The molecule has 3 N–H and O–H groups in total. The molecule has 1 saturated heterocycles. The highest BCUT2D eigenvalue weighted by atomic mass is 79.9. The number of imidazole rings is 1. The molecular formula is C18H19BrN8O. The summed E-state index contributed by atoms with van der Waals surface area (Å²) in [7, 11) is 0. The maximum atomic E-state index is 10.0. The Hall–Kier alpha value is -2.72. The topological polar surface area (TPSA) is 107 Å². The number of H-pyrrole nitrogens is 1. The first-order valence-corrected chi connectivity index (χ1v) is 9.98. The zero-order valence-corrected chi connectivity index (χ0v) is 16.6. The molecule has 0 amide bonds. The van der Waals surface area contributed by atoms with Crippen LogP contribution in [0.4, 0.5) is 11.9 Å². The van der Waals surface area contributed by atoms with Crippen molar-refractivity contribution in [3.63, 3.8) is 0 Å². The monoisotopic (exact) mass is 442 g/mol. The lowest BCUT2D eigenvalue weighted by molar-refractivity contribution is 0.153. The van der Waals surface area contributed by atoms with Crippen LogP contribution in [0.1, 0.15) is 18.7 Å². The predicted octanol–water partition coefficient (Wildman–Crippen LogP) is 2.34. The number of nitrogens with one attached hydrogen (secondary N) is 2. The molecule has 3 aromatic heterocycles. The Kier molecular flexibility index (Phi) is 4.36. The third-order valence-electron chi connectivity index (χ3n) is 4.84. The van der Waals surface area contributed by atoms with Gasteiger partial charge >= 0.3 is 0 Å². The van der Waals surface area contributed by atoms with Crippen molar-refractivity contribution in [2.24, 2.45) is 0 Å². The summed E-state index contributed by atoms with van der Waals surface area (Å²) in [6.07, 6.45) is 3.07. The van der Waals surface area contributed by atoms with Gasteiger partial charge in [0.25, 0.3) is 0 Å². The van der Waals surface area contributed by atoms with Crippen LogP contribution >= 0.6 is 15.9 Å². The van der Waals surface area contributed by atoms with Crippen LogP contribution in [0.3, 0.4) is 0 Å². The minimum atomic E-state index is -0.353. The number of halogens is 1. The minimum Gasteiger partial charge on any atom is -0.391 e. The van der Waals surface area contributed by atoms with Crippen molar-refractivity contribution in [2.75, 3.05) is 23.3 Å². The number of aromatic amines is 1. The van der Waals surface area contributed by atoms with E-state index >= 15 is 0 Å². The number of nitrogens with zero attached hydrogens (tertiary/aromatic N) is 6. The van der Waals surface area contributed by atoms with Gasteiger partial charge in [0.15, 0.2) is 5.65 Å². The van der Waals surface area contributed by atoms with Crippen LogP contribution in [-0.4, -0.2) is 53.9 Å². The van der Waals surface area contributed by atoms with Crippen LogP contribution in [-0.2, 0) is 6.54 Å². The molecule has 1 atom stereocenters. The summed E-state index contributed by atoms with van der Waals surface area (Å²) in [5.41, 5.74) is 2.60. The lowest BCUT2D eigenvalue weighted by atomic mass is 10.1. The summed E-state index contributed by atoms with van der Waals surface area (Å²) in [5.74, 6) is 1.97. The molecule has 28 heavy (non-hydrogen) atoms. The Morgan fingerprint density at radius 1 is 1.25 bits per heavy atom. The van der Waals surface area contributed by atoms with Crippen LogP contribution in [0.5, 0.6) is 0 Å². The average Bonchev–Trinajstić information content (AvgIpc) is 3.29. The molecule has 0 bridgehead atoms. The Labute approximate surface area is 168 Å². The van der Waals surface area contributed by atoms with E-state index in [4.69, 9.17) is 0 Å². The van der Waals surface area contributed by atoms with Gasteiger partial charge in [-0.2, -0.15) is 19.6 Å². The third kappa shape index (κ3) is 3.18. The zero-order chi connectivity index (χ0) is 19.1. The molecule has 4 heterocycles. The van der Waals surface area contributed by atoms with Crippen molar-refractivity contribution in [1.82, 2.24) is 29.5 Å². The van der Waals surface area contributed by atoms with Gasteiger partial charge in [0.05, 0.1) is 34.4 Å². The molecule has 1 fully saturated rings. The lowest BCUT2D eigenvalue weighted by Gasteiger charge is -2.30. The van der Waals surface area contributed by atoms with E-state index < -0.39 is 0 Å². The normalized spacial score (nSPS) is 17.5. The fraction of sp³-hybridized carbons (Fsp3) is 0.333. The first kappa shape index (κ1) is 17.4. The smallest absolute Gasteiger partial charge is 0.230 e. The van der Waals surface area contributed by atoms with E-state index in [0.29, 0.717) is 30.6 Å². The average molecular weight is 443 g/mol. The molecule has 4 aromatic rings. The Morgan fingerprint density at radius 3 is 3.00 bits per heavy atom. The summed E-state index contributed by atoms with van der Waals surface area (Å²) in [4.78, 5) is 19.2. The van der Waals surface area contributed by atoms with Crippen LogP contribution in [0.15, 0.2) is 34.9 Å². The van der Waals surface area contributed by atoms with Gasteiger partial charge in [-0.3, -0.25) is 0 Å².